The summed E-state index contributed by atoms with van der Waals surface area (Å²) in [6.45, 7) is 6.84. The molecular weight excluding hydrogens is 392 g/mol. The summed E-state index contributed by atoms with van der Waals surface area (Å²) in [5.74, 6) is -0.488. The van der Waals surface area contributed by atoms with Crippen LogP contribution in [0.1, 0.15) is 39.2 Å². The van der Waals surface area contributed by atoms with Crippen LogP contribution in [0.15, 0.2) is 23.1 Å². The van der Waals surface area contributed by atoms with Crippen molar-refractivity contribution in [2.24, 2.45) is 0 Å². The fraction of sp³-hybridized carbons (Fsp3) is 0.476. The highest BCUT2D eigenvalue weighted by atomic mass is 32.2. The zero-order chi connectivity index (χ0) is 21.2. The van der Waals surface area contributed by atoms with E-state index in [1.807, 2.05) is 18.2 Å². The van der Waals surface area contributed by atoms with Gasteiger partial charge in [-0.25, -0.2) is 0 Å². The van der Waals surface area contributed by atoms with Gasteiger partial charge < -0.3 is 14.4 Å². The van der Waals surface area contributed by atoms with Gasteiger partial charge in [0.25, 0.3) is 11.1 Å². The van der Waals surface area contributed by atoms with Gasteiger partial charge in [-0.1, -0.05) is 0 Å². The molecule has 3 rings (SSSR count). The van der Waals surface area contributed by atoms with Crippen LogP contribution < -0.4 is 9.64 Å². The molecule has 156 valence electrons. The van der Waals surface area contributed by atoms with Crippen molar-refractivity contribution in [2.75, 3.05) is 31.6 Å². The molecule has 0 aromatic heterocycles. The van der Waals surface area contributed by atoms with Crippen molar-refractivity contribution in [3.63, 3.8) is 0 Å². The van der Waals surface area contributed by atoms with Gasteiger partial charge in [-0.2, -0.15) is 0 Å². The monoisotopic (exact) mass is 418 g/mol. The summed E-state index contributed by atoms with van der Waals surface area (Å²) in [5, 5.41) is -0.486. The number of ether oxygens (including phenoxy) is 2. The Bertz CT molecular complexity index is 853. The molecule has 2 aliphatic rings. The molecule has 1 aromatic carbocycles. The third-order valence-electron chi connectivity index (χ3n) is 4.56. The quantitative estimate of drug-likeness (QED) is 0.533. The first-order valence-electron chi connectivity index (χ1n) is 9.58. The minimum absolute atomic E-state index is 0.255. The number of esters is 1. The Balaban J connectivity index is 1.77. The predicted octanol–water partition coefficient (Wildman–Crippen LogP) is 3.67. The van der Waals surface area contributed by atoms with Crippen LogP contribution in [-0.4, -0.2) is 54.4 Å². The molecule has 0 N–H and O–H groups in total. The number of rotatable bonds is 5. The van der Waals surface area contributed by atoms with Crippen molar-refractivity contribution in [3.05, 3.63) is 28.7 Å². The average molecular weight is 419 g/mol. The summed E-state index contributed by atoms with van der Waals surface area (Å²) < 4.78 is 10.7. The first-order valence-corrected chi connectivity index (χ1v) is 10.4. The Kier molecular flexibility index (Phi) is 6.21. The molecule has 2 aliphatic heterocycles. The number of carbonyl (C=O) groups excluding carboxylic acids is 3. The normalized spacial score (nSPS) is 18.7. The molecule has 0 saturated carbocycles. The van der Waals surface area contributed by atoms with Gasteiger partial charge in [0.05, 0.1) is 12.0 Å². The van der Waals surface area contributed by atoms with Gasteiger partial charge >= 0.3 is 5.97 Å². The largest absolute Gasteiger partial charge is 0.496 e. The Morgan fingerprint density at radius 2 is 1.90 bits per heavy atom. The lowest BCUT2D eigenvalue weighted by Gasteiger charge is -2.21. The van der Waals surface area contributed by atoms with Gasteiger partial charge in [-0.15, -0.1) is 0 Å². The van der Waals surface area contributed by atoms with Crippen LogP contribution in [-0.2, 0) is 14.3 Å². The second-order valence-electron chi connectivity index (χ2n) is 7.97. The summed E-state index contributed by atoms with van der Waals surface area (Å²) >= 11 is 0.810. The molecule has 2 fully saturated rings. The summed E-state index contributed by atoms with van der Waals surface area (Å²) in [5.41, 5.74) is 1.10. The predicted molar refractivity (Wildman–Crippen MR) is 113 cm³/mol. The van der Waals surface area contributed by atoms with Crippen LogP contribution in [0.4, 0.5) is 10.5 Å². The molecule has 29 heavy (non-hydrogen) atoms. The maximum atomic E-state index is 12.7. The average Bonchev–Trinajstić information content (AvgIpc) is 3.25. The Labute approximate surface area is 175 Å². The summed E-state index contributed by atoms with van der Waals surface area (Å²) in [7, 11) is 1.58. The lowest BCUT2D eigenvalue weighted by molar-refractivity contribution is -0.156. The Morgan fingerprint density at radius 3 is 2.52 bits per heavy atom. The fourth-order valence-corrected chi connectivity index (χ4v) is 4.10. The first-order chi connectivity index (χ1) is 13.7. The minimum atomic E-state index is -0.681. The SMILES string of the molecule is COc1cc(N2CCCC2)ccc1C=C1SC(=O)N(CC(=O)OC(C)(C)C)C1=O. The number of anilines is 1. The van der Waals surface area contributed by atoms with Crippen LogP contribution in [0, 0.1) is 0 Å². The highest BCUT2D eigenvalue weighted by Gasteiger charge is 2.37. The highest BCUT2D eigenvalue weighted by molar-refractivity contribution is 8.18. The van der Waals surface area contributed by atoms with Crippen molar-refractivity contribution in [1.29, 1.82) is 0 Å². The van der Waals surface area contributed by atoms with Crippen molar-refractivity contribution in [3.8, 4) is 5.75 Å². The second-order valence-corrected chi connectivity index (χ2v) is 8.97. The standard InChI is InChI=1S/C21H26N2O5S/c1-21(2,3)28-18(24)13-23-19(25)17(29-20(23)26)11-14-7-8-15(12-16(14)27-4)22-9-5-6-10-22/h7-8,11-12H,5-6,9-10,13H2,1-4H3. The Morgan fingerprint density at radius 1 is 1.21 bits per heavy atom. The molecule has 0 bridgehead atoms. The summed E-state index contributed by atoms with van der Waals surface area (Å²) in [6.07, 6.45) is 3.98. The molecule has 8 heteroatoms. The first kappa shape index (κ1) is 21.2. The molecule has 2 amide bonds. The van der Waals surface area contributed by atoms with E-state index in [2.05, 4.69) is 4.90 Å². The van der Waals surface area contributed by atoms with Gasteiger partial charge in [0, 0.05) is 30.4 Å². The van der Waals surface area contributed by atoms with Crippen LogP contribution in [0.2, 0.25) is 0 Å². The van der Waals surface area contributed by atoms with E-state index in [0.29, 0.717) is 11.3 Å². The lowest BCUT2D eigenvalue weighted by Crippen LogP contribution is -2.37. The molecule has 7 nitrogen and oxygen atoms in total. The maximum absolute atomic E-state index is 12.7. The zero-order valence-corrected chi connectivity index (χ0v) is 18.0. The molecule has 0 unspecified atom stereocenters. The van der Waals surface area contributed by atoms with Crippen molar-refractivity contribution >= 4 is 40.6 Å². The van der Waals surface area contributed by atoms with Gasteiger partial charge in [0.2, 0.25) is 0 Å². The number of hydrogen-bond donors (Lipinski definition) is 0. The molecule has 0 aliphatic carbocycles. The molecule has 0 radical (unpaired) electrons. The number of carbonyl (C=O) groups is 3. The number of imide groups is 1. The molecule has 1 aromatic rings. The number of hydrogen-bond acceptors (Lipinski definition) is 7. The number of methoxy groups -OCH3 is 1. The van der Waals surface area contributed by atoms with E-state index in [1.165, 1.54) is 12.8 Å². The summed E-state index contributed by atoms with van der Waals surface area (Å²) in [6, 6.07) is 5.82. The molecule has 2 heterocycles. The van der Waals surface area contributed by atoms with E-state index < -0.39 is 29.3 Å². The van der Waals surface area contributed by atoms with Crippen molar-refractivity contribution in [2.45, 2.75) is 39.2 Å². The van der Waals surface area contributed by atoms with Crippen LogP contribution >= 0.6 is 11.8 Å². The number of benzene rings is 1. The second kappa shape index (κ2) is 8.49. The highest BCUT2D eigenvalue weighted by Crippen LogP contribution is 2.35. The topological polar surface area (TPSA) is 76.2 Å². The fourth-order valence-electron chi connectivity index (χ4n) is 3.27. The third-order valence-corrected chi connectivity index (χ3v) is 5.46. The number of thioether (sulfide) groups is 1. The molecular formula is C21H26N2O5S. The van der Waals surface area contributed by atoms with Gasteiger partial charge in [-0.05, 0) is 63.6 Å². The smallest absolute Gasteiger partial charge is 0.326 e. The van der Waals surface area contributed by atoms with E-state index in [1.54, 1.807) is 34.0 Å². The van der Waals surface area contributed by atoms with Gasteiger partial charge in [-0.3, -0.25) is 19.3 Å². The van der Waals surface area contributed by atoms with Crippen LogP contribution in [0.3, 0.4) is 0 Å². The maximum Gasteiger partial charge on any atom is 0.326 e. The number of amides is 2. The van der Waals surface area contributed by atoms with E-state index in [4.69, 9.17) is 9.47 Å². The van der Waals surface area contributed by atoms with Crippen molar-refractivity contribution < 1.29 is 23.9 Å². The van der Waals surface area contributed by atoms with Gasteiger partial charge in [0.15, 0.2) is 0 Å². The molecule has 0 spiro atoms. The third kappa shape index (κ3) is 5.12. The Hall–Kier alpha value is -2.48. The zero-order valence-electron chi connectivity index (χ0n) is 17.2. The van der Waals surface area contributed by atoms with Crippen molar-refractivity contribution in [1.82, 2.24) is 4.90 Å². The van der Waals surface area contributed by atoms with E-state index >= 15 is 0 Å². The molecule has 0 atom stereocenters. The summed E-state index contributed by atoms with van der Waals surface area (Å²) in [4.78, 5) is 40.4. The number of nitrogens with zero attached hydrogens (tertiary/aromatic N) is 2. The van der Waals surface area contributed by atoms with Crippen LogP contribution in [0.25, 0.3) is 6.08 Å². The van der Waals surface area contributed by atoms with E-state index in [9.17, 15) is 14.4 Å². The van der Waals surface area contributed by atoms with E-state index in [0.717, 1.165) is 35.4 Å². The lowest BCUT2D eigenvalue weighted by atomic mass is 10.1. The molecule has 2 saturated heterocycles. The van der Waals surface area contributed by atoms with Gasteiger partial charge in [0.1, 0.15) is 17.9 Å². The van der Waals surface area contributed by atoms with E-state index in [-0.39, 0.29) is 4.91 Å². The van der Waals surface area contributed by atoms with Crippen LogP contribution in [0.5, 0.6) is 5.75 Å². The minimum Gasteiger partial charge on any atom is -0.496 e.